The van der Waals surface area contributed by atoms with E-state index >= 15 is 0 Å². The number of nitrogens with one attached hydrogen (secondary N) is 1. The lowest BCUT2D eigenvalue weighted by molar-refractivity contribution is 0.167. The van der Waals surface area contributed by atoms with Gasteiger partial charge >= 0.3 is 0 Å². The van der Waals surface area contributed by atoms with Crippen LogP contribution in [0.1, 0.15) is 33.1 Å². The summed E-state index contributed by atoms with van der Waals surface area (Å²) in [6.07, 6.45) is 3.70. The average molecular weight is 256 g/mol. The summed E-state index contributed by atoms with van der Waals surface area (Å²) in [5.41, 5.74) is 0. The number of unbranched alkanes of at least 4 members (excludes halogenated alkanes) is 1. The van der Waals surface area contributed by atoms with Crippen LogP contribution in [-0.2, 0) is 0 Å². The van der Waals surface area contributed by atoms with E-state index in [4.69, 9.17) is 16.3 Å². The predicted molar refractivity (Wildman–Crippen MR) is 73.9 cm³/mol. The van der Waals surface area contributed by atoms with E-state index < -0.39 is 0 Å². The molecule has 2 unspecified atom stereocenters. The minimum absolute atomic E-state index is 0.144. The Labute approximate surface area is 109 Å². The Morgan fingerprint density at radius 1 is 1.41 bits per heavy atom. The molecule has 0 bridgehead atoms. The molecule has 1 N–H and O–H groups in total. The first-order chi connectivity index (χ1) is 8.17. The molecule has 0 heterocycles. The third kappa shape index (κ3) is 4.97. The van der Waals surface area contributed by atoms with Crippen molar-refractivity contribution in [1.82, 2.24) is 5.32 Å². The molecule has 0 amide bonds. The quantitative estimate of drug-likeness (QED) is 0.798. The van der Waals surface area contributed by atoms with Gasteiger partial charge in [-0.15, -0.1) is 0 Å². The van der Waals surface area contributed by atoms with Crippen molar-refractivity contribution in [3.8, 4) is 5.75 Å². The van der Waals surface area contributed by atoms with Gasteiger partial charge in [0.05, 0.1) is 0 Å². The molecule has 0 saturated carbocycles. The van der Waals surface area contributed by atoms with Gasteiger partial charge in [-0.1, -0.05) is 37.4 Å². The van der Waals surface area contributed by atoms with Gasteiger partial charge in [0.25, 0.3) is 0 Å². The van der Waals surface area contributed by atoms with Gasteiger partial charge in [-0.25, -0.2) is 0 Å². The lowest BCUT2D eigenvalue weighted by Crippen LogP contribution is -2.39. The van der Waals surface area contributed by atoms with Gasteiger partial charge in [0.1, 0.15) is 11.9 Å². The Hall–Kier alpha value is -0.730. The van der Waals surface area contributed by atoms with E-state index in [-0.39, 0.29) is 6.10 Å². The number of benzene rings is 1. The highest BCUT2D eigenvalue weighted by Gasteiger charge is 2.16. The average Bonchev–Trinajstić information content (AvgIpc) is 2.30. The largest absolute Gasteiger partial charge is 0.489 e. The Morgan fingerprint density at radius 3 is 2.76 bits per heavy atom. The number of ether oxygens (including phenoxy) is 1. The summed E-state index contributed by atoms with van der Waals surface area (Å²) in [6, 6.07) is 7.93. The van der Waals surface area contributed by atoms with Gasteiger partial charge in [-0.3, -0.25) is 0 Å². The van der Waals surface area contributed by atoms with Crippen molar-refractivity contribution in [2.75, 3.05) is 7.05 Å². The number of likely N-dealkylation sites (N-methyl/N-ethyl adjacent to an activating group) is 1. The summed E-state index contributed by atoms with van der Waals surface area (Å²) < 4.78 is 5.90. The number of halogens is 1. The van der Waals surface area contributed by atoms with Crippen LogP contribution in [0.3, 0.4) is 0 Å². The van der Waals surface area contributed by atoms with E-state index in [0.29, 0.717) is 11.1 Å². The fourth-order valence-electron chi connectivity index (χ4n) is 1.87. The van der Waals surface area contributed by atoms with Crippen LogP contribution >= 0.6 is 11.6 Å². The smallest absolute Gasteiger partial charge is 0.121 e. The SMILES string of the molecule is CCCCC(NC)C(C)Oc1cccc(Cl)c1. The van der Waals surface area contributed by atoms with Crippen molar-refractivity contribution < 1.29 is 4.74 Å². The monoisotopic (exact) mass is 255 g/mol. The van der Waals surface area contributed by atoms with Gasteiger partial charge in [0, 0.05) is 11.1 Å². The predicted octanol–water partition coefficient (Wildman–Crippen LogP) is 3.89. The van der Waals surface area contributed by atoms with E-state index in [1.807, 2.05) is 31.3 Å². The molecule has 1 aromatic carbocycles. The molecule has 17 heavy (non-hydrogen) atoms. The molecule has 0 fully saturated rings. The molecule has 2 nitrogen and oxygen atoms in total. The highest BCUT2D eigenvalue weighted by atomic mass is 35.5. The fourth-order valence-corrected chi connectivity index (χ4v) is 2.06. The van der Waals surface area contributed by atoms with Crippen LogP contribution in [-0.4, -0.2) is 19.2 Å². The summed E-state index contributed by atoms with van der Waals surface area (Å²) in [6.45, 7) is 4.30. The van der Waals surface area contributed by atoms with Gasteiger partial charge in [0.15, 0.2) is 0 Å². The summed E-state index contributed by atoms with van der Waals surface area (Å²) in [5, 5.41) is 4.03. The Kier molecular flexibility index (Phi) is 6.38. The standard InChI is InChI=1S/C14H22ClNO/c1-4-5-9-14(16-3)11(2)17-13-8-6-7-12(15)10-13/h6-8,10-11,14,16H,4-5,9H2,1-3H3. The minimum Gasteiger partial charge on any atom is -0.489 e. The third-order valence-electron chi connectivity index (χ3n) is 2.92. The van der Waals surface area contributed by atoms with Crippen LogP contribution < -0.4 is 10.1 Å². The van der Waals surface area contributed by atoms with Gasteiger partial charge < -0.3 is 10.1 Å². The first-order valence-corrected chi connectivity index (χ1v) is 6.64. The molecule has 0 spiro atoms. The Bertz CT molecular complexity index is 330. The van der Waals surface area contributed by atoms with Gasteiger partial charge in [-0.2, -0.15) is 0 Å². The van der Waals surface area contributed by atoms with Gasteiger partial charge in [0.2, 0.25) is 0 Å². The molecule has 3 heteroatoms. The molecule has 0 aliphatic carbocycles. The molecular formula is C14H22ClNO. The summed E-state index contributed by atoms with van der Waals surface area (Å²) in [5.74, 6) is 0.835. The third-order valence-corrected chi connectivity index (χ3v) is 3.16. The first kappa shape index (κ1) is 14.3. The van der Waals surface area contributed by atoms with E-state index in [0.717, 1.165) is 12.2 Å². The van der Waals surface area contributed by atoms with Crippen molar-refractivity contribution in [1.29, 1.82) is 0 Å². The zero-order valence-electron chi connectivity index (χ0n) is 10.9. The molecule has 0 radical (unpaired) electrons. The topological polar surface area (TPSA) is 21.3 Å². The highest BCUT2D eigenvalue weighted by Crippen LogP contribution is 2.19. The second-order valence-corrected chi connectivity index (χ2v) is 4.75. The maximum Gasteiger partial charge on any atom is 0.121 e. The van der Waals surface area contributed by atoms with Crippen molar-refractivity contribution >= 4 is 11.6 Å². The van der Waals surface area contributed by atoms with Crippen LogP contribution in [0.4, 0.5) is 0 Å². The van der Waals surface area contributed by atoms with E-state index in [9.17, 15) is 0 Å². The molecule has 0 aliphatic heterocycles. The molecule has 1 aromatic rings. The number of hydrogen-bond donors (Lipinski definition) is 1. The minimum atomic E-state index is 0.144. The van der Waals surface area contributed by atoms with Crippen molar-refractivity contribution in [3.63, 3.8) is 0 Å². The first-order valence-electron chi connectivity index (χ1n) is 6.26. The second kappa shape index (κ2) is 7.57. The molecule has 0 saturated heterocycles. The summed E-state index contributed by atoms with van der Waals surface area (Å²) >= 11 is 5.93. The zero-order chi connectivity index (χ0) is 12.7. The molecule has 0 aliphatic rings. The lowest BCUT2D eigenvalue weighted by Gasteiger charge is -2.24. The summed E-state index contributed by atoms with van der Waals surface area (Å²) in [7, 11) is 1.98. The molecule has 0 aromatic heterocycles. The maximum atomic E-state index is 5.93. The summed E-state index contributed by atoms with van der Waals surface area (Å²) in [4.78, 5) is 0. The Morgan fingerprint density at radius 2 is 2.18 bits per heavy atom. The maximum absolute atomic E-state index is 5.93. The van der Waals surface area contributed by atoms with E-state index in [1.54, 1.807) is 0 Å². The van der Waals surface area contributed by atoms with E-state index in [2.05, 4.69) is 19.2 Å². The lowest BCUT2D eigenvalue weighted by atomic mass is 10.1. The van der Waals surface area contributed by atoms with Crippen molar-refractivity contribution in [3.05, 3.63) is 29.3 Å². The normalized spacial score (nSPS) is 14.4. The van der Waals surface area contributed by atoms with E-state index in [1.165, 1.54) is 12.8 Å². The van der Waals surface area contributed by atoms with Crippen LogP contribution in [0.5, 0.6) is 5.75 Å². The van der Waals surface area contributed by atoms with Crippen LogP contribution in [0.25, 0.3) is 0 Å². The molecular weight excluding hydrogens is 234 g/mol. The van der Waals surface area contributed by atoms with Gasteiger partial charge in [-0.05, 0) is 38.6 Å². The molecule has 2 atom stereocenters. The van der Waals surface area contributed by atoms with Crippen molar-refractivity contribution in [2.45, 2.75) is 45.3 Å². The van der Waals surface area contributed by atoms with Crippen molar-refractivity contribution in [2.24, 2.45) is 0 Å². The van der Waals surface area contributed by atoms with Crippen LogP contribution in [0.2, 0.25) is 5.02 Å². The number of rotatable bonds is 7. The fraction of sp³-hybridized carbons (Fsp3) is 0.571. The molecule has 96 valence electrons. The zero-order valence-corrected chi connectivity index (χ0v) is 11.6. The highest BCUT2D eigenvalue weighted by molar-refractivity contribution is 6.30. The molecule has 1 rings (SSSR count). The van der Waals surface area contributed by atoms with Crippen LogP contribution in [0.15, 0.2) is 24.3 Å². The van der Waals surface area contributed by atoms with Crippen LogP contribution in [0, 0.1) is 0 Å². The second-order valence-electron chi connectivity index (χ2n) is 4.32. The number of hydrogen-bond acceptors (Lipinski definition) is 2. The Balaban J connectivity index is 2.54.